The van der Waals surface area contributed by atoms with E-state index in [0.29, 0.717) is 0 Å². The van der Waals surface area contributed by atoms with E-state index in [1.165, 1.54) is 15.3 Å². The fraction of sp³-hybridized carbons (Fsp3) is 0.105. The molecule has 0 aliphatic heterocycles. The lowest BCUT2D eigenvalue weighted by molar-refractivity contribution is 0.101. The van der Waals surface area contributed by atoms with Crippen molar-refractivity contribution < 1.29 is 9.53 Å². The van der Waals surface area contributed by atoms with Crippen molar-refractivity contribution in [1.82, 2.24) is 0 Å². The van der Waals surface area contributed by atoms with E-state index < -0.39 is 0 Å². The number of carbonyl (C=O) groups excluding carboxylic acids is 1. The molecular weight excluding hydrogens is 292 g/mol. The molecule has 0 atom stereocenters. The molecule has 0 bridgehead atoms. The highest BCUT2D eigenvalue weighted by Gasteiger charge is 2.06. The number of carbonyl (C=O) groups is 1. The van der Waals surface area contributed by atoms with Crippen LogP contribution in [0, 0.1) is 0 Å². The van der Waals surface area contributed by atoms with E-state index in [9.17, 15) is 4.79 Å². The monoisotopic (exact) mass is 308 g/mol. The molecule has 0 radical (unpaired) electrons. The van der Waals surface area contributed by atoms with Crippen LogP contribution < -0.4 is 4.74 Å². The average molecular weight is 308 g/mol. The molecule has 0 saturated carbocycles. The predicted octanol–water partition coefficient (Wildman–Crippen LogP) is 5.29. The summed E-state index contributed by atoms with van der Waals surface area (Å²) in [5, 5.41) is 0. The maximum atomic E-state index is 11.3. The highest BCUT2D eigenvalue weighted by molar-refractivity contribution is 7.18. The molecule has 0 spiro atoms. The average Bonchev–Trinajstić information content (AvgIpc) is 3.05. The Balaban J connectivity index is 1.87. The van der Waals surface area contributed by atoms with Crippen LogP contribution >= 0.6 is 11.3 Å². The van der Waals surface area contributed by atoms with Crippen LogP contribution in [0.3, 0.4) is 0 Å². The molecule has 1 aromatic heterocycles. The largest absolute Gasteiger partial charge is 0.497 e. The van der Waals surface area contributed by atoms with Crippen molar-refractivity contribution >= 4 is 17.1 Å². The number of ketones is 1. The van der Waals surface area contributed by atoms with Gasteiger partial charge in [0.1, 0.15) is 5.75 Å². The quantitative estimate of drug-likeness (QED) is 0.612. The zero-order valence-electron chi connectivity index (χ0n) is 12.5. The molecule has 22 heavy (non-hydrogen) atoms. The molecule has 0 aliphatic rings. The second kappa shape index (κ2) is 6.16. The van der Waals surface area contributed by atoms with E-state index in [0.717, 1.165) is 16.9 Å². The Morgan fingerprint density at radius 2 is 1.32 bits per heavy atom. The number of hydrogen-bond acceptors (Lipinski definition) is 3. The van der Waals surface area contributed by atoms with E-state index in [2.05, 4.69) is 24.3 Å². The fourth-order valence-corrected chi connectivity index (χ4v) is 3.29. The number of hydrogen-bond donors (Lipinski definition) is 0. The molecule has 0 unspecified atom stereocenters. The highest BCUT2D eigenvalue weighted by atomic mass is 32.1. The summed E-state index contributed by atoms with van der Waals surface area (Å²) in [6, 6.07) is 20.1. The summed E-state index contributed by atoms with van der Waals surface area (Å²) < 4.78 is 5.19. The third-order valence-corrected chi connectivity index (χ3v) is 4.74. The van der Waals surface area contributed by atoms with Crippen LogP contribution in [0.4, 0.5) is 0 Å². The molecule has 110 valence electrons. The summed E-state index contributed by atoms with van der Waals surface area (Å²) in [6.07, 6.45) is 0. The Morgan fingerprint density at radius 3 is 1.77 bits per heavy atom. The van der Waals surface area contributed by atoms with Gasteiger partial charge in [0.25, 0.3) is 0 Å². The van der Waals surface area contributed by atoms with Crippen molar-refractivity contribution in [1.29, 1.82) is 0 Å². The van der Waals surface area contributed by atoms with Gasteiger partial charge >= 0.3 is 0 Å². The Morgan fingerprint density at radius 1 is 0.818 bits per heavy atom. The molecule has 0 N–H and O–H groups in total. The van der Waals surface area contributed by atoms with Gasteiger partial charge in [0.2, 0.25) is 0 Å². The molecule has 3 aromatic rings. The molecule has 3 rings (SSSR count). The Labute approximate surface area is 134 Å². The number of thiophene rings is 1. The van der Waals surface area contributed by atoms with Crippen molar-refractivity contribution in [2.24, 2.45) is 0 Å². The summed E-state index contributed by atoms with van der Waals surface area (Å²) in [6.45, 7) is 1.59. The Kier molecular flexibility index (Phi) is 4.07. The van der Waals surface area contributed by atoms with Crippen LogP contribution in [0.25, 0.3) is 20.9 Å². The summed E-state index contributed by atoms with van der Waals surface area (Å²) >= 11 is 1.74. The van der Waals surface area contributed by atoms with E-state index in [4.69, 9.17) is 4.74 Å². The van der Waals surface area contributed by atoms with E-state index >= 15 is 0 Å². The molecule has 3 heteroatoms. The van der Waals surface area contributed by atoms with E-state index in [1.807, 2.05) is 36.4 Å². The second-order valence-corrected chi connectivity index (χ2v) is 6.11. The second-order valence-electron chi connectivity index (χ2n) is 5.03. The van der Waals surface area contributed by atoms with Gasteiger partial charge in [-0.2, -0.15) is 0 Å². The Hall–Kier alpha value is -2.39. The summed E-state index contributed by atoms with van der Waals surface area (Å²) in [5.74, 6) is 0.956. The van der Waals surface area contributed by atoms with Gasteiger partial charge in [-0.25, -0.2) is 0 Å². The van der Waals surface area contributed by atoms with Crippen LogP contribution in [0.2, 0.25) is 0 Å². The first kappa shape index (κ1) is 14.5. The van der Waals surface area contributed by atoms with Crippen LogP contribution in [-0.2, 0) is 0 Å². The van der Waals surface area contributed by atoms with Crippen molar-refractivity contribution in [2.45, 2.75) is 6.92 Å². The smallest absolute Gasteiger partial charge is 0.159 e. The van der Waals surface area contributed by atoms with Gasteiger partial charge < -0.3 is 4.74 Å². The third-order valence-electron chi connectivity index (χ3n) is 3.56. The topological polar surface area (TPSA) is 26.3 Å². The lowest BCUT2D eigenvalue weighted by Gasteiger charge is -2.01. The molecule has 0 saturated heterocycles. The lowest BCUT2D eigenvalue weighted by Crippen LogP contribution is -1.90. The van der Waals surface area contributed by atoms with Crippen LogP contribution in [0.15, 0.2) is 60.7 Å². The number of benzene rings is 2. The van der Waals surface area contributed by atoms with Gasteiger partial charge in [-0.1, -0.05) is 24.3 Å². The molecule has 2 aromatic carbocycles. The van der Waals surface area contributed by atoms with Gasteiger partial charge in [0, 0.05) is 15.3 Å². The number of methoxy groups -OCH3 is 1. The van der Waals surface area contributed by atoms with Crippen molar-refractivity contribution in [3.8, 4) is 26.6 Å². The van der Waals surface area contributed by atoms with Gasteiger partial charge in [-0.15, -0.1) is 11.3 Å². The lowest BCUT2D eigenvalue weighted by atomic mass is 10.1. The first-order valence-electron chi connectivity index (χ1n) is 7.03. The van der Waals surface area contributed by atoms with Gasteiger partial charge in [-0.3, -0.25) is 4.79 Å². The molecule has 1 heterocycles. The molecule has 0 fully saturated rings. The summed E-state index contributed by atoms with van der Waals surface area (Å²) in [4.78, 5) is 13.7. The van der Waals surface area contributed by atoms with Crippen molar-refractivity contribution in [3.63, 3.8) is 0 Å². The van der Waals surface area contributed by atoms with Crippen molar-refractivity contribution in [3.05, 3.63) is 66.2 Å². The first-order valence-corrected chi connectivity index (χ1v) is 7.84. The first-order chi connectivity index (χ1) is 10.7. The normalized spacial score (nSPS) is 10.5. The van der Waals surface area contributed by atoms with Gasteiger partial charge in [0.15, 0.2) is 5.78 Å². The number of Topliss-reactive ketones (excluding diaryl/α,β-unsaturated/α-hetero) is 1. The highest BCUT2D eigenvalue weighted by Crippen LogP contribution is 2.35. The van der Waals surface area contributed by atoms with Crippen LogP contribution in [0.1, 0.15) is 17.3 Å². The van der Waals surface area contributed by atoms with Crippen molar-refractivity contribution in [2.75, 3.05) is 7.11 Å². The molecular formula is C19H16O2S. The minimum atomic E-state index is 0.0941. The number of rotatable bonds is 4. The maximum Gasteiger partial charge on any atom is 0.159 e. The number of ether oxygens (including phenoxy) is 1. The zero-order chi connectivity index (χ0) is 15.5. The van der Waals surface area contributed by atoms with Gasteiger partial charge in [0.05, 0.1) is 7.11 Å². The van der Waals surface area contributed by atoms with Crippen LogP contribution in [-0.4, -0.2) is 12.9 Å². The molecule has 2 nitrogen and oxygen atoms in total. The minimum Gasteiger partial charge on any atom is -0.497 e. The van der Waals surface area contributed by atoms with E-state index in [1.54, 1.807) is 25.4 Å². The van der Waals surface area contributed by atoms with E-state index in [-0.39, 0.29) is 5.78 Å². The van der Waals surface area contributed by atoms with Gasteiger partial charge in [-0.05, 0) is 54.4 Å². The maximum absolute atomic E-state index is 11.3. The molecule has 0 aliphatic carbocycles. The van der Waals surface area contributed by atoms with Crippen LogP contribution in [0.5, 0.6) is 5.75 Å². The Bertz CT molecular complexity index is 783. The predicted molar refractivity (Wildman–Crippen MR) is 91.7 cm³/mol. The summed E-state index contributed by atoms with van der Waals surface area (Å²) in [5.41, 5.74) is 3.06. The fourth-order valence-electron chi connectivity index (χ4n) is 2.27. The third kappa shape index (κ3) is 2.95. The molecule has 0 amide bonds. The zero-order valence-corrected chi connectivity index (χ0v) is 13.3. The SMILES string of the molecule is COc1ccc(-c2ccc(-c3ccc(C(C)=O)cc3)s2)cc1. The minimum absolute atomic E-state index is 0.0941. The standard InChI is InChI=1S/C19H16O2S/c1-13(20)14-3-5-15(6-4-14)18-11-12-19(22-18)16-7-9-17(21-2)10-8-16/h3-12H,1-2H3. The summed E-state index contributed by atoms with van der Waals surface area (Å²) in [7, 11) is 1.67.